The number of piperidine rings is 1. The van der Waals surface area contributed by atoms with Crippen LogP contribution in [0, 0.1) is 12.8 Å². The molecule has 0 radical (unpaired) electrons. The van der Waals surface area contributed by atoms with E-state index in [0.29, 0.717) is 0 Å². The Morgan fingerprint density at radius 1 is 1.09 bits per heavy atom. The van der Waals surface area contributed by atoms with Crippen molar-refractivity contribution in [2.45, 2.75) is 46.7 Å². The van der Waals surface area contributed by atoms with Gasteiger partial charge in [-0.1, -0.05) is 56.0 Å². The van der Waals surface area contributed by atoms with Crippen molar-refractivity contribution in [3.8, 4) is 0 Å². The molecule has 5 heteroatoms. The minimum atomic E-state index is 0.141. The normalized spacial score (nSPS) is 17.3. The van der Waals surface area contributed by atoms with E-state index in [2.05, 4.69) is 103 Å². The maximum atomic E-state index is 4.50. The summed E-state index contributed by atoms with van der Waals surface area (Å²) in [5, 5.41) is 6.97. The molecule has 1 unspecified atom stereocenters. The molecule has 1 aromatic carbocycles. The molecule has 5 nitrogen and oxygen atoms in total. The average Bonchev–Trinajstić information content (AvgIpc) is 3.29. The van der Waals surface area contributed by atoms with Crippen molar-refractivity contribution >= 4 is 23.3 Å². The van der Waals surface area contributed by atoms with Gasteiger partial charge in [-0.05, 0) is 87.5 Å². The lowest BCUT2D eigenvalue weighted by molar-refractivity contribution is 0.436. The molecular formula is C30H43N5. The molecule has 2 aliphatic rings. The summed E-state index contributed by atoms with van der Waals surface area (Å²) in [6.45, 7) is 18.4. The zero-order valence-corrected chi connectivity index (χ0v) is 22.1. The van der Waals surface area contributed by atoms with Gasteiger partial charge in [0.15, 0.2) is 0 Å². The number of aromatic nitrogens is 1. The van der Waals surface area contributed by atoms with Crippen LogP contribution in [0.1, 0.15) is 44.7 Å². The highest BCUT2D eigenvalue weighted by Gasteiger charge is 2.21. The van der Waals surface area contributed by atoms with Crippen LogP contribution >= 0.6 is 0 Å². The Bertz CT molecular complexity index is 1010. The van der Waals surface area contributed by atoms with E-state index in [9.17, 15) is 0 Å². The number of fused-ring (bicyclic) bond motifs is 1. The van der Waals surface area contributed by atoms with Gasteiger partial charge in [-0.3, -0.25) is 0 Å². The molecule has 188 valence electrons. The summed E-state index contributed by atoms with van der Waals surface area (Å²) in [6, 6.07) is 10.6. The smallest absolute Gasteiger partial charge is 0.128 e. The Hall–Kier alpha value is -3.31. The molecule has 3 heterocycles. The highest BCUT2D eigenvalue weighted by atomic mass is 15.2. The molecule has 0 spiro atoms. The van der Waals surface area contributed by atoms with Gasteiger partial charge in [0.25, 0.3) is 0 Å². The fraction of sp³-hybridized carbons (Fsp3) is 0.367. The van der Waals surface area contributed by atoms with E-state index in [1.807, 2.05) is 25.3 Å². The molecule has 0 saturated carbocycles. The third-order valence-corrected chi connectivity index (χ3v) is 6.12. The first-order valence-corrected chi connectivity index (χ1v) is 12.4. The van der Waals surface area contributed by atoms with E-state index in [1.165, 1.54) is 36.7 Å². The number of allylic oxidation sites excluding steroid dienone is 3. The van der Waals surface area contributed by atoms with Gasteiger partial charge in [-0.25, -0.2) is 4.98 Å². The van der Waals surface area contributed by atoms with E-state index in [1.54, 1.807) is 0 Å². The fourth-order valence-corrected chi connectivity index (χ4v) is 3.96. The third kappa shape index (κ3) is 8.45. The molecule has 1 saturated heterocycles. The average molecular weight is 474 g/mol. The monoisotopic (exact) mass is 473 g/mol. The number of nitrogens with two attached hydrogens (primary N) is 1. The summed E-state index contributed by atoms with van der Waals surface area (Å²) in [4.78, 5) is 6.82. The summed E-state index contributed by atoms with van der Waals surface area (Å²) in [5.74, 6) is 1.97. The van der Waals surface area contributed by atoms with E-state index < -0.39 is 0 Å². The molecule has 2 aromatic rings. The topological polar surface area (TPSA) is 66.2 Å². The summed E-state index contributed by atoms with van der Waals surface area (Å²) in [7, 11) is 1.50. The van der Waals surface area contributed by atoms with Crippen molar-refractivity contribution < 1.29 is 0 Å². The molecular weight excluding hydrogens is 430 g/mol. The van der Waals surface area contributed by atoms with E-state index in [-0.39, 0.29) is 6.17 Å². The fourth-order valence-electron chi connectivity index (χ4n) is 3.96. The van der Waals surface area contributed by atoms with Gasteiger partial charge in [0, 0.05) is 19.3 Å². The predicted molar refractivity (Wildman–Crippen MR) is 155 cm³/mol. The van der Waals surface area contributed by atoms with Gasteiger partial charge >= 0.3 is 0 Å². The second-order valence-electron chi connectivity index (χ2n) is 9.06. The quantitative estimate of drug-likeness (QED) is 0.418. The summed E-state index contributed by atoms with van der Waals surface area (Å²) < 4.78 is 0. The van der Waals surface area contributed by atoms with Crippen LogP contribution < -0.4 is 21.3 Å². The Morgan fingerprint density at radius 2 is 1.77 bits per heavy atom. The number of rotatable bonds is 5. The molecule has 0 bridgehead atoms. The van der Waals surface area contributed by atoms with Crippen LogP contribution in [-0.4, -0.2) is 31.3 Å². The van der Waals surface area contributed by atoms with Crippen LogP contribution in [0.2, 0.25) is 0 Å². The lowest BCUT2D eigenvalue weighted by atomic mass is 9.99. The molecule has 0 aliphatic carbocycles. The van der Waals surface area contributed by atoms with Crippen molar-refractivity contribution in [3.63, 3.8) is 0 Å². The predicted octanol–water partition coefficient (Wildman–Crippen LogP) is 6.77. The standard InChI is InChI=1S/C16H20N2.C13H18N2.CH5N/c1-5-13(8-6-11(2)3)16-17-14-9-7-12(4)10-15(14)18-16;1-3-12-4-5-13(14-10-12)15-8-6-11(2)7-9-15;1-2/h5-10,16-18H,2H2,1,3-4H3;3-5,10-11H,1,6-9H2,2H3;2H2,1H3/b8-6-,13-5+;;. The van der Waals surface area contributed by atoms with Crippen molar-refractivity contribution in [1.82, 2.24) is 4.98 Å². The van der Waals surface area contributed by atoms with Crippen molar-refractivity contribution in [2.24, 2.45) is 11.7 Å². The summed E-state index contributed by atoms with van der Waals surface area (Å²) >= 11 is 0. The Kier molecular flexibility index (Phi) is 11.3. The van der Waals surface area contributed by atoms with E-state index in [4.69, 9.17) is 0 Å². The van der Waals surface area contributed by atoms with Crippen LogP contribution in [0.3, 0.4) is 0 Å². The Labute approximate surface area is 212 Å². The van der Waals surface area contributed by atoms with Crippen LogP contribution in [-0.2, 0) is 0 Å². The maximum absolute atomic E-state index is 4.50. The van der Waals surface area contributed by atoms with Crippen molar-refractivity contribution in [2.75, 3.05) is 35.7 Å². The highest BCUT2D eigenvalue weighted by molar-refractivity contribution is 5.76. The SMILES string of the molecule is C=C(C)/C=C\C(=C/C)C1Nc2ccc(C)cc2N1.C=Cc1ccc(N2CCC(C)CC2)nc1.CN. The molecule has 2 aliphatic heterocycles. The van der Waals surface area contributed by atoms with Gasteiger partial charge in [0.1, 0.15) is 12.0 Å². The number of pyridine rings is 1. The lowest BCUT2D eigenvalue weighted by Crippen LogP contribution is -2.33. The lowest BCUT2D eigenvalue weighted by Gasteiger charge is -2.31. The number of anilines is 3. The van der Waals surface area contributed by atoms with E-state index >= 15 is 0 Å². The van der Waals surface area contributed by atoms with Gasteiger partial charge in [0.2, 0.25) is 0 Å². The van der Waals surface area contributed by atoms with Gasteiger partial charge in [-0.15, -0.1) is 0 Å². The summed E-state index contributed by atoms with van der Waals surface area (Å²) in [6.07, 6.45) is 12.7. The number of nitrogens with zero attached hydrogens (tertiary/aromatic N) is 2. The maximum Gasteiger partial charge on any atom is 0.128 e. The number of aryl methyl sites for hydroxylation is 1. The second-order valence-corrected chi connectivity index (χ2v) is 9.06. The van der Waals surface area contributed by atoms with E-state index in [0.717, 1.165) is 41.6 Å². The number of hydrogen-bond acceptors (Lipinski definition) is 5. The largest absolute Gasteiger partial charge is 0.360 e. The molecule has 4 rings (SSSR count). The Balaban J connectivity index is 0.000000234. The van der Waals surface area contributed by atoms with Crippen molar-refractivity contribution in [3.05, 3.63) is 90.2 Å². The Morgan fingerprint density at radius 3 is 2.34 bits per heavy atom. The van der Waals surface area contributed by atoms with Crippen molar-refractivity contribution in [1.29, 1.82) is 0 Å². The second kappa shape index (κ2) is 14.2. The van der Waals surface area contributed by atoms with Gasteiger partial charge in [-0.2, -0.15) is 0 Å². The van der Waals surface area contributed by atoms with Crippen LogP contribution in [0.5, 0.6) is 0 Å². The summed E-state index contributed by atoms with van der Waals surface area (Å²) in [5.41, 5.74) is 11.5. The first-order valence-electron chi connectivity index (χ1n) is 12.4. The zero-order valence-electron chi connectivity index (χ0n) is 22.1. The number of benzene rings is 1. The number of nitrogens with one attached hydrogen (secondary N) is 2. The van der Waals surface area contributed by atoms with Crippen LogP contribution in [0.25, 0.3) is 6.08 Å². The molecule has 1 fully saturated rings. The molecule has 1 aromatic heterocycles. The number of hydrogen-bond donors (Lipinski definition) is 3. The van der Waals surface area contributed by atoms with Gasteiger partial charge < -0.3 is 21.3 Å². The first-order chi connectivity index (χ1) is 16.9. The van der Waals surface area contributed by atoms with Crippen LogP contribution in [0.15, 0.2) is 79.1 Å². The van der Waals surface area contributed by atoms with Gasteiger partial charge in [0.05, 0.1) is 11.4 Å². The highest BCUT2D eigenvalue weighted by Crippen LogP contribution is 2.32. The zero-order chi connectivity index (χ0) is 25.8. The minimum Gasteiger partial charge on any atom is -0.360 e. The minimum absolute atomic E-state index is 0.141. The molecule has 35 heavy (non-hydrogen) atoms. The third-order valence-electron chi connectivity index (χ3n) is 6.12. The molecule has 4 N–H and O–H groups in total. The molecule has 1 atom stereocenters. The first kappa shape index (κ1) is 27.9. The van der Waals surface area contributed by atoms with Crippen LogP contribution in [0.4, 0.5) is 17.2 Å². The molecule has 0 amide bonds.